The predicted octanol–water partition coefficient (Wildman–Crippen LogP) is 0.703. The van der Waals surface area contributed by atoms with Crippen LogP contribution in [0.5, 0.6) is 0 Å². The van der Waals surface area contributed by atoms with Crippen molar-refractivity contribution in [3.63, 3.8) is 0 Å². The van der Waals surface area contributed by atoms with Gasteiger partial charge in [0.1, 0.15) is 30.2 Å². The van der Waals surface area contributed by atoms with Crippen molar-refractivity contribution in [3.8, 4) is 0 Å². The highest BCUT2D eigenvalue weighted by Crippen LogP contribution is 2.23. The number of aromatic amines is 3. The number of nitrogens with two attached hydrogens (primary N) is 4. The van der Waals surface area contributed by atoms with Crippen molar-refractivity contribution < 1.29 is 24.0 Å². The van der Waals surface area contributed by atoms with E-state index in [1.54, 1.807) is 18.6 Å². The predicted molar refractivity (Wildman–Crippen MR) is 245 cm³/mol. The largest absolute Gasteiger partial charge is 0.370 e. The molecular formula is C45H54N14O5. The quantitative estimate of drug-likeness (QED) is 0.0416. The molecule has 3 aromatic carbocycles. The highest BCUT2D eigenvalue weighted by molar-refractivity contribution is 5.99. The van der Waals surface area contributed by atoms with Crippen molar-refractivity contribution >= 4 is 74.2 Å². The Balaban J connectivity index is 1.30. The van der Waals surface area contributed by atoms with Crippen molar-refractivity contribution in [2.75, 3.05) is 13.1 Å². The summed E-state index contributed by atoms with van der Waals surface area (Å²) in [5.74, 6) is -3.61. The third-order valence-electron chi connectivity index (χ3n) is 11.4. The van der Waals surface area contributed by atoms with E-state index in [2.05, 4.69) is 51.5 Å². The van der Waals surface area contributed by atoms with Gasteiger partial charge >= 0.3 is 0 Å². The number of aromatic nitrogens is 3. The molecular weight excluding hydrogens is 817 g/mol. The summed E-state index contributed by atoms with van der Waals surface area (Å²) < 4.78 is 0. The Morgan fingerprint density at radius 1 is 0.422 bits per heavy atom. The van der Waals surface area contributed by atoms with E-state index in [4.69, 9.17) is 22.9 Å². The molecule has 7 rings (SSSR count). The van der Waals surface area contributed by atoms with Crippen molar-refractivity contribution in [2.45, 2.75) is 75.2 Å². The molecule has 64 heavy (non-hydrogen) atoms. The first kappa shape index (κ1) is 44.2. The Labute approximate surface area is 368 Å². The zero-order valence-corrected chi connectivity index (χ0v) is 35.2. The number of hydrogen-bond donors (Lipinski definition) is 12. The molecule has 1 saturated heterocycles. The number of amides is 5. The molecule has 5 atom stereocenters. The van der Waals surface area contributed by atoms with Crippen molar-refractivity contribution in [1.82, 2.24) is 41.5 Å². The van der Waals surface area contributed by atoms with Gasteiger partial charge in [-0.3, -0.25) is 34.0 Å². The molecule has 1 fully saturated rings. The van der Waals surface area contributed by atoms with Crippen molar-refractivity contribution in [1.29, 1.82) is 0 Å². The number of hydrogen-bond acceptors (Lipinski definition) is 7. The van der Waals surface area contributed by atoms with Gasteiger partial charge in [0.2, 0.25) is 29.5 Å². The van der Waals surface area contributed by atoms with Crippen molar-refractivity contribution in [2.24, 2.45) is 32.9 Å². The van der Waals surface area contributed by atoms with Gasteiger partial charge in [-0.2, -0.15) is 0 Å². The first-order valence-corrected chi connectivity index (χ1v) is 21.2. The summed E-state index contributed by atoms with van der Waals surface area (Å²) in [7, 11) is 0. The Hall–Kier alpha value is -7.83. The number of nitrogens with zero attached hydrogens (tertiary/aromatic N) is 2. The van der Waals surface area contributed by atoms with E-state index in [0.717, 1.165) is 49.4 Å². The average molecular weight is 871 g/mol. The van der Waals surface area contributed by atoms with Crippen LogP contribution >= 0.6 is 0 Å². The van der Waals surface area contributed by atoms with Gasteiger partial charge in [0.25, 0.3) is 0 Å². The topological polar surface area (TPSA) is 322 Å². The number of fused-ring (bicyclic) bond motifs is 3. The summed E-state index contributed by atoms with van der Waals surface area (Å²) in [6.45, 7) is 0.303. The van der Waals surface area contributed by atoms with Crippen LogP contribution in [-0.4, -0.2) is 99.7 Å². The summed E-state index contributed by atoms with van der Waals surface area (Å²) in [4.78, 5) is 90.6. The van der Waals surface area contributed by atoms with Gasteiger partial charge in [-0.15, -0.1) is 0 Å². The number of aliphatic imine (C=N–C) groups is 2. The first-order valence-electron chi connectivity index (χ1n) is 21.2. The monoisotopic (exact) mass is 870 g/mol. The second-order valence-corrected chi connectivity index (χ2v) is 15.9. The van der Waals surface area contributed by atoms with Crippen LogP contribution in [0.3, 0.4) is 0 Å². The molecule has 1 aliphatic heterocycles. The third kappa shape index (κ3) is 11.0. The highest BCUT2D eigenvalue weighted by Gasteiger charge is 2.35. The lowest BCUT2D eigenvalue weighted by Gasteiger charge is -2.26. The van der Waals surface area contributed by atoms with Crippen LogP contribution in [0.25, 0.3) is 32.7 Å². The number of guanidine groups is 2. The zero-order chi connectivity index (χ0) is 45.2. The van der Waals surface area contributed by atoms with Crippen LogP contribution in [0.1, 0.15) is 42.4 Å². The molecule has 0 bridgehead atoms. The van der Waals surface area contributed by atoms with Crippen molar-refractivity contribution in [3.05, 3.63) is 108 Å². The normalized spacial score (nSPS) is 20.1. The number of para-hydroxylation sites is 3. The smallest absolute Gasteiger partial charge is 0.243 e. The summed E-state index contributed by atoms with van der Waals surface area (Å²) in [6, 6.07) is 16.6. The van der Waals surface area contributed by atoms with Gasteiger partial charge in [0.15, 0.2) is 11.9 Å². The number of nitrogens with one attached hydrogen (secondary N) is 8. The van der Waals surface area contributed by atoms with Gasteiger partial charge in [0.05, 0.1) is 0 Å². The molecule has 4 heterocycles. The van der Waals surface area contributed by atoms with E-state index >= 15 is 0 Å². The lowest BCUT2D eigenvalue weighted by atomic mass is 10.00. The molecule has 5 amide bonds. The Kier molecular flexibility index (Phi) is 14.1. The molecule has 0 radical (unpaired) electrons. The second-order valence-electron chi connectivity index (χ2n) is 15.9. The summed E-state index contributed by atoms with van der Waals surface area (Å²) in [6.07, 6.45) is 6.06. The first-order chi connectivity index (χ1) is 30.9. The Bertz CT molecular complexity index is 2590. The fraction of sp³-hybridized carbons (Fsp3) is 0.311. The zero-order valence-electron chi connectivity index (χ0n) is 35.2. The second kappa shape index (κ2) is 20.4. The maximum Gasteiger partial charge on any atom is 0.243 e. The third-order valence-corrected chi connectivity index (χ3v) is 11.4. The summed E-state index contributed by atoms with van der Waals surface area (Å²) in [5, 5.41) is 17.0. The number of carbonyl (C=O) groups is 5. The molecule has 0 unspecified atom stereocenters. The minimum Gasteiger partial charge on any atom is -0.370 e. The standard InChI is InChI=1S/C45H54N14O5/c46-44(47)50-17-7-15-34-39(60)55-35(16-8-18-51-45(48)49)40(61)57-37(20-26-23-53-32-13-5-2-10-29(26)32)42(63)59-38(21-27-24-54-33-14-6-3-11-30(27)33)43(64)58-36(41(62)56-34)19-25-22-52-31-12-4-1-9-28(25)31/h1-6,9-14,22-24,34-38,52-54H,7-8,15-21H2,(H,55,60)(H,56,62)(H,57,61)(H,58,64)(H,59,63)(H4,46,47,50)(H4,48,49,51)/t34-,35-,36-,37-,38-/m0/s1. The maximum atomic E-state index is 14.8. The molecule has 6 aromatic rings. The Morgan fingerprint density at radius 3 is 1.02 bits per heavy atom. The van der Waals surface area contributed by atoms with Gasteiger partial charge in [-0.1, -0.05) is 54.6 Å². The van der Waals surface area contributed by atoms with E-state index < -0.39 is 59.7 Å². The number of rotatable bonds is 14. The van der Waals surface area contributed by atoms with Crippen LogP contribution in [0.2, 0.25) is 0 Å². The molecule has 334 valence electrons. The molecule has 19 heteroatoms. The van der Waals surface area contributed by atoms with Crippen LogP contribution in [0, 0.1) is 0 Å². The van der Waals surface area contributed by atoms with Crippen LogP contribution in [-0.2, 0) is 43.2 Å². The summed E-state index contributed by atoms with van der Waals surface area (Å²) in [5.41, 5.74) is 27.0. The van der Waals surface area contributed by atoms with E-state index in [9.17, 15) is 24.0 Å². The lowest BCUT2D eigenvalue weighted by Crippen LogP contribution is -2.58. The minimum atomic E-state index is -1.23. The highest BCUT2D eigenvalue weighted by atomic mass is 16.2. The van der Waals surface area contributed by atoms with Crippen LogP contribution in [0.4, 0.5) is 0 Å². The van der Waals surface area contributed by atoms with Gasteiger partial charge in [0, 0.05) is 83.7 Å². The fourth-order valence-electron chi connectivity index (χ4n) is 8.10. The molecule has 1 aliphatic rings. The lowest BCUT2D eigenvalue weighted by molar-refractivity contribution is -0.134. The van der Waals surface area contributed by atoms with E-state index in [0.29, 0.717) is 0 Å². The van der Waals surface area contributed by atoms with E-state index in [-0.39, 0.29) is 70.0 Å². The van der Waals surface area contributed by atoms with Gasteiger partial charge in [-0.25, -0.2) is 0 Å². The number of carbonyl (C=O) groups excluding carboxylic acids is 5. The van der Waals surface area contributed by atoms with Crippen LogP contribution in [0.15, 0.2) is 101 Å². The molecule has 19 nitrogen and oxygen atoms in total. The molecule has 0 aliphatic carbocycles. The SMILES string of the molecule is NC(N)=NCCC[C@@H]1NC(=O)[C@H](CCCN=C(N)N)NC(=O)[C@H](Cc2c[nH]c3ccccc23)NC(=O)[C@H](Cc2c[nH]c3ccccc23)NC(=O)[C@H](Cc2c[nH]c3ccccc23)NC1=O. The molecule has 0 spiro atoms. The number of H-pyrrole nitrogens is 3. The fourth-order valence-corrected chi connectivity index (χ4v) is 8.10. The number of benzene rings is 3. The molecule has 3 aromatic heterocycles. The average Bonchev–Trinajstić information content (AvgIpc) is 4.01. The maximum absolute atomic E-state index is 14.8. The van der Waals surface area contributed by atoms with E-state index in [1.165, 1.54) is 0 Å². The van der Waals surface area contributed by atoms with Gasteiger partial charge < -0.3 is 64.5 Å². The van der Waals surface area contributed by atoms with Crippen LogP contribution < -0.4 is 49.5 Å². The molecule has 16 N–H and O–H groups in total. The Morgan fingerprint density at radius 2 is 0.703 bits per heavy atom. The van der Waals surface area contributed by atoms with Gasteiger partial charge in [-0.05, 0) is 60.6 Å². The van der Waals surface area contributed by atoms with E-state index in [1.807, 2.05) is 72.8 Å². The minimum absolute atomic E-state index is 0.0221. The molecule has 0 saturated carbocycles. The summed E-state index contributed by atoms with van der Waals surface area (Å²) >= 11 is 0.